The molecular weight excluding hydrogens is 1630 g/mol. The number of hydrogen-bond donors (Lipinski definition) is 9. The zero-order chi connectivity index (χ0) is 85.4. The van der Waals surface area contributed by atoms with Gasteiger partial charge in [0.2, 0.25) is 17.3 Å². The van der Waals surface area contributed by atoms with E-state index in [0.717, 1.165) is 61.2 Å². The molecule has 7 aromatic carbocycles. The van der Waals surface area contributed by atoms with Crippen molar-refractivity contribution in [3.63, 3.8) is 0 Å². The minimum absolute atomic E-state index is 0.0186. The van der Waals surface area contributed by atoms with Gasteiger partial charge in [-0.15, -0.1) is 0 Å². The van der Waals surface area contributed by atoms with Crippen LogP contribution in [0.25, 0.3) is 21.5 Å². The molecule has 4 heterocycles. The topological polar surface area (TPSA) is 434 Å². The Labute approximate surface area is 683 Å². The number of hydrogen-bond acceptors (Lipinski definition) is 17. The van der Waals surface area contributed by atoms with Crippen LogP contribution >= 0.6 is 0 Å². The van der Waals surface area contributed by atoms with Gasteiger partial charge in [0.25, 0.3) is 66.6 Å². The Bertz CT molecular complexity index is 6090. The third kappa shape index (κ3) is 20.2. The van der Waals surface area contributed by atoms with Gasteiger partial charge in [0.15, 0.2) is 11.4 Å². The smallest absolute Gasteiger partial charge is 0.303 e. The quantitative estimate of drug-likeness (QED) is 0.0100. The highest BCUT2D eigenvalue weighted by molar-refractivity contribution is 7.87. The van der Waals surface area contributed by atoms with Gasteiger partial charge in [0.1, 0.15) is 13.1 Å². The number of amides is 2. The molecule has 0 radical (unpaired) electrons. The summed E-state index contributed by atoms with van der Waals surface area (Å²) in [5, 5.41) is 18.5. The number of nitrogens with zero attached hydrogens (tertiary/aromatic N) is 4. The fraction of sp³-hybridized carbons (Fsp3) is 0.386. The molecule has 117 heavy (non-hydrogen) atoms. The normalized spacial score (nSPS) is 18.0. The third-order valence-electron chi connectivity index (χ3n) is 22.6. The molecule has 7 aromatic rings. The zero-order valence-electron chi connectivity index (χ0n) is 65.9. The van der Waals surface area contributed by atoms with Crippen molar-refractivity contribution in [2.75, 3.05) is 53.2 Å². The minimum atomic E-state index is -4.74. The molecule has 28 nitrogen and oxygen atoms in total. The molecule has 2 amide bonds. The Hall–Kier alpha value is -9.17. The Kier molecular flexibility index (Phi) is 26.0. The van der Waals surface area contributed by atoms with Crippen LogP contribution in [-0.2, 0) is 105 Å². The van der Waals surface area contributed by atoms with Gasteiger partial charge in [0.05, 0.1) is 42.8 Å². The van der Waals surface area contributed by atoms with E-state index in [0.29, 0.717) is 96.4 Å². The van der Waals surface area contributed by atoms with E-state index in [2.05, 4.69) is 47.8 Å². The lowest BCUT2D eigenvalue weighted by atomic mass is 9.75. The highest BCUT2D eigenvalue weighted by Gasteiger charge is 2.50. The van der Waals surface area contributed by atoms with Crippen LogP contribution in [-0.4, -0.2) is 165 Å². The Morgan fingerprint density at radius 3 is 1.54 bits per heavy atom. The summed E-state index contributed by atoms with van der Waals surface area (Å²) in [5.41, 5.74) is 7.12. The van der Waals surface area contributed by atoms with E-state index in [-0.39, 0.29) is 86.4 Å². The summed E-state index contributed by atoms with van der Waals surface area (Å²) in [6.07, 6.45) is 14.9. The lowest BCUT2D eigenvalue weighted by molar-refractivity contribution is -0.437. The maximum atomic E-state index is 13.7. The second-order valence-corrected chi connectivity index (χ2v) is 40.9. The molecule has 9 N–H and O–H groups in total. The first kappa shape index (κ1) is 88.6. The first-order valence-corrected chi connectivity index (χ1v) is 47.4. The summed E-state index contributed by atoms with van der Waals surface area (Å²) in [7, 11) is -27.0. The minimum Gasteiger partial charge on any atom is -0.481 e. The number of carboxylic acid groups (broad SMARTS) is 1. The number of anilines is 2. The van der Waals surface area contributed by atoms with Gasteiger partial charge in [-0.3, -0.25) is 41.7 Å². The van der Waals surface area contributed by atoms with Crippen LogP contribution in [0.4, 0.5) is 22.7 Å². The number of benzene rings is 7. The average molecular weight is 1720 g/mol. The fourth-order valence-electron chi connectivity index (χ4n) is 16.9. The molecule has 0 spiro atoms. The van der Waals surface area contributed by atoms with Gasteiger partial charge >= 0.3 is 5.97 Å². The summed E-state index contributed by atoms with van der Waals surface area (Å²) in [4.78, 5) is 41.5. The molecule has 0 saturated heterocycles. The van der Waals surface area contributed by atoms with Gasteiger partial charge < -0.3 is 25.5 Å². The molecule has 0 bridgehead atoms. The highest BCUT2D eigenvalue weighted by Crippen LogP contribution is 2.53. The molecule has 0 fully saturated rings. The first-order valence-electron chi connectivity index (χ1n) is 38.3. The number of carbonyl (C=O) groups is 3. The Morgan fingerprint density at radius 2 is 0.915 bits per heavy atom. The summed E-state index contributed by atoms with van der Waals surface area (Å²) in [6, 6.07) is 33.1. The molecule has 0 aromatic heterocycles. The summed E-state index contributed by atoms with van der Waals surface area (Å²) < 4.78 is 210. The molecular formula is C83H98N6O22S6+2. The zero-order valence-corrected chi connectivity index (χ0v) is 70.8. The lowest BCUT2D eigenvalue weighted by Crippen LogP contribution is -2.32. The molecule has 34 heteroatoms. The maximum absolute atomic E-state index is 13.7. The second-order valence-electron chi connectivity index (χ2n) is 31.9. The Balaban J connectivity index is 0.742. The third-order valence-corrected chi connectivity index (χ3v) is 27.5. The van der Waals surface area contributed by atoms with Crippen molar-refractivity contribution in [1.82, 2.24) is 10.6 Å². The molecule has 0 aliphatic carbocycles. The van der Waals surface area contributed by atoms with Crippen molar-refractivity contribution < 1.29 is 106 Å². The number of carbonyl (C=O) groups excluding carboxylic acids is 2. The SMILES string of the molecule is CC1(C)C(/C=C/C=C2/N(CCCCCC(=O)O)c3ccc4cc(S(=O)(=O)O)ccc4c3C2(C)C)=[N+](CCCS(=O)(=O)O)c2ccc3cc(CNC(=O)c4ccc(CNC(=O)CCCCCC5(C)C(/C=C/C=C6/N(CCCS(=O)(=O)O)c7ccc(S(=O)(=O)O)cc7C6(C)C)=[N+](CCCS(=O)(=O)O)c6ccc(S(=O)(=O)O)cc65)cc4)ccc3c21. The molecule has 1 atom stereocenters. The molecule has 4 aliphatic heterocycles. The van der Waals surface area contributed by atoms with Crippen LogP contribution in [0.2, 0.25) is 0 Å². The van der Waals surface area contributed by atoms with Crippen molar-refractivity contribution in [2.45, 2.75) is 175 Å². The van der Waals surface area contributed by atoms with E-state index in [1.165, 1.54) is 48.5 Å². The van der Waals surface area contributed by atoms with Gasteiger partial charge in [0, 0.05) is 126 Å². The molecule has 1 unspecified atom stereocenters. The van der Waals surface area contributed by atoms with Crippen LogP contribution in [0.15, 0.2) is 184 Å². The van der Waals surface area contributed by atoms with E-state index in [9.17, 15) is 97.3 Å². The van der Waals surface area contributed by atoms with Crippen LogP contribution in [0.5, 0.6) is 0 Å². The van der Waals surface area contributed by atoms with Crippen LogP contribution in [0.3, 0.4) is 0 Å². The monoisotopic (exact) mass is 1720 g/mol. The lowest BCUT2D eigenvalue weighted by Gasteiger charge is -2.27. The van der Waals surface area contributed by atoms with Crippen LogP contribution in [0, 0.1) is 0 Å². The van der Waals surface area contributed by atoms with E-state index < -0.39 is 110 Å². The molecule has 4 aliphatic rings. The van der Waals surface area contributed by atoms with Crippen LogP contribution < -0.4 is 20.4 Å². The van der Waals surface area contributed by atoms with Gasteiger partial charge in [-0.2, -0.15) is 59.7 Å². The number of fused-ring (bicyclic) bond motifs is 8. The number of carboxylic acids is 1. The first-order chi connectivity index (χ1) is 54.6. The molecule has 0 saturated carbocycles. The fourth-order valence-corrected chi connectivity index (χ4v) is 19.9. The predicted molar refractivity (Wildman–Crippen MR) is 447 cm³/mol. The van der Waals surface area contributed by atoms with Crippen molar-refractivity contribution in [1.29, 1.82) is 0 Å². The number of unbranched alkanes of at least 4 members (excludes halogenated alkanes) is 4. The highest BCUT2D eigenvalue weighted by atomic mass is 32.2. The van der Waals surface area contributed by atoms with Gasteiger partial charge in [-0.1, -0.05) is 95.5 Å². The van der Waals surface area contributed by atoms with Crippen molar-refractivity contribution in [2.24, 2.45) is 0 Å². The summed E-state index contributed by atoms with van der Waals surface area (Å²) in [6.45, 7) is 15.0. The maximum Gasteiger partial charge on any atom is 0.303 e. The van der Waals surface area contributed by atoms with Crippen LogP contribution in [0.1, 0.15) is 169 Å². The summed E-state index contributed by atoms with van der Waals surface area (Å²) >= 11 is 0. The number of aliphatic carboxylic acids is 1. The average Bonchev–Trinajstić information content (AvgIpc) is 1.62. The number of rotatable bonds is 36. The number of allylic oxidation sites excluding steroid dienone is 8. The molecule has 626 valence electrons. The van der Waals surface area contributed by atoms with Crippen molar-refractivity contribution in [3.05, 3.63) is 208 Å². The van der Waals surface area contributed by atoms with Gasteiger partial charge in [-0.05, 0) is 182 Å². The standard InChI is InChI=1S/C83H96N6O22S6/c1-80(2)65-51-61(116(106,107)108)33-39-67(65)86(43-16-46-112(94,95)96)71(80)19-15-22-74-83(7,66-52-62(117(109,110)111)34-40-68(66)87(74)44-17-47-113(97,98)99)41-12-8-10-23-75(90)84-53-55-25-28-57(29-26-55)79(93)85-54-56-27-35-63-58(49-56)30-37-70-77(63)82(5,6)73(89(70)45-18-48-114(100,101)102)21-14-20-72-81(3,4)78-64-36-32-60(115(103,104)105)50-59(64)31-38-69(78)88(72)42-13-9-11-24-76(91)92/h14-15,19-22,25-40,49-52H,8-13,16-18,23-24,41-48,53-54H2,1-7H3,(H7-2,84,85,90,91,92,93,94,95,96,97,98,99,100,101,102,103,104,105,106,107,108,109,110,111)/p+2. The largest absolute Gasteiger partial charge is 0.481 e. The van der Waals surface area contributed by atoms with Crippen molar-refractivity contribution in [3.8, 4) is 0 Å². The van der Waals surface area contributed by atoms with E-state index >= 15 is 0 Å². The van der Waals surface area contributed by atoms with E-state index in [1.807, 2.05) is 67.6 Å². The predicted octanol–water partition coefficient (Wildman–Crippen LogP) is 12.6. The number of nitrogens with one attached hydrogen (secondary N) is 2. The molecule has 11 rings (SSSR count). The summed E-state index contributed by atoms with van der Waals surface area (Å²) in [5.74, 6) is -3.12. The van der Waals surface area contributed by atoms with E-state index in [4.69, 9.17) is 0 Å². The Morgan fingerprint density at radius 1 is 0.436 bits per heavy atom. The van der Waals surface area contributed by atoms with E-state index in [1.54, 1.807) is 71.9 Å². The van der Waals surface area contributed by atoms with Gasteiger partial charge in [-0.25, -0.2) is 0 Å². The second kappa shape index (κ2) is 34.3. The van der Waals surface area contributed by atoms with Crippen molar-refractivity contribution >= 4 is 134 Å².